The van der Waals surface area contributed by atoms with Crippen LogP contribution >= 0.6 is 0 Å². The molecule has 0 radical (unpaired) electrons. The first-order chi connectivity index (χ1) is 16.4. The zero-order valence-electron chi connectivity index (χ0n) is 20.2. The molecular formula is C27H35FN4O2. The van der Waals surface area contributed by atoms with Gasteiger partial charge in [0, 0.05) is 51.4 Å². The van der Waals surface area contributed by atoms with Crippen molar-refractivity contribution in [1.82, 2.24) is 15.1 Å². The Labute approximate surface area is 201 Å². The van der Waals surface area contributed by atoms with Gasteiger partial charge in [0.05, 0.1) is 5.69 Å². The van der Waals surface area contributed by atoms with E-state index in [1.165, 1.54) is 31.4 Å². The highest BCUT2D eigenvalue weighted by Gasteiger charge is 2.23. The van der Waals surface area contributed by atoms with Crippen LogP contribution < -0.4 is 10.2 Å². The lowest BCUT2D eigenvalue weighted by Gasteiger charge is -2.36. The Morgan fingerprint density at radius 2 is 1.76 bits per heavy atom. The van der Waals surface area contributed by atoms with Crippen LogP contribution in [0.4, 0.5) is 14.9 Å². The largest absolute Gasteiger partial charge is 0.366 e. The summed E-state index contributed by atoms with van der Waals surface area (Å²) in [6.45, 7) is 9.56. The van der Waals surface area contributed by atoms with E-state index in [2.05, 4.69) is 35.3 Å². The number of likely N-dealkylation sites (tertiary alicyclic amines) is 1. The molecule has 1 unspecified atom stereocenters. The minimum absolute atomic E-state index is 0.0894. The smallest absolute Gasteiger partial charge is 0.317 e. The number of benzene rings is 2. The number of carbonyl (C=O) groups is 2. The van der Waals surface area contributed by atoms with Gasteiger partial charge in [-0.15, -0.1) is 0 Å². The summed E-state index contributed by atoms with van der Waals surface area (Å²) in [4.78, 5) is 30.5. The molecule has 34 heavy (non-hydrogen) atoms. The first-order valence-electron chi connectivity index (χ1n) is 12.3. The van der Waals surface area contributed by atoms with Crippen LogP contribution in [-0.4, -0.2) is 60.9 Å². The first-order valence-corrected chi connectivity index (χ1v) is 12.3. The van der Waals surface area contributed by atoms with E-state index < -0.39 is 5.82 Å². The quantitative estimate of drug-likeness (QED) is 0.646. The van der Waals surface area contributed by atoms with Crippen LogP contribution in [0.3, 0.4) is 0 Å². The maximum atomic E-state index is 14.5. The monoisotopic (exact) mass is 466 g/mol. The fraction of sp³-hybridized carbons (Fsp3) is 0.481. The number of hydrogen-bond acceptors (Lipinski definition) is 4. The van der Waals surface area contributed by atoms with E-state index in [9.17, 15) is 14.0 Å². The van der Waals surface area contributed by atoms with Gasteiger partial charge in [-0.05, 0) is 61.6 Å². The van der Waals surface area contributed by atoms with Gasteiger partial charge in [0.15, 0.2) is 5.78 Å². The third-order valence-corrected chi connectivity index (χ3v) is 6.95. The second-order valence-corrected chi connectivity index (χ2v) is 9.61. The molecule has 1 N–H and O–H groups in total. The van der Waals surface area contributed by atoms with E-state index >= 15 is 0 Å². The predicted octanol–water partition coefficient (Wildman–Crippen LogP) is 4.29. The van der Waals surface area contributed by atoms with Crippen LogP contribution in [0.25, 0.3) is 0 Å². The van der Waals surface area contributed by atoms with Gasteiger partial charge in [-0.1, -0.05) is 31.2 Å². The maximum absolute atomic E-state index is 14.5. The number of amides is 2. The summed E-state index contributed by atoms with van der Waals surface area (Å²) in [7, 11) is 0. The number of ketones is 1. The molecule has 0 spiro atoms. The number of carbonyl (C=O) groups excluding carboxylic acids is 2. The summed E-state index contributed by atoms with van der Waals surface area (Å²) >= 11 is 0. The third kappa shape index (κ3) is 5.95. The van der Waals surface area contributed by atoms with E-state index in [1.807, 2.05) is 11.0 Å². The van der Waals surface area contributed by atoms with Crippen LogP contribution in [0.1, 0.15) is 48.2 Å². The number of rotatable bonds is 6. The molecule has 1 atom stereocenters. The van der Waals surface area contributed by atoms with Crippen molar-refractivity contribution >= 4 is 17.5 Å². The molecule has 2 aliphatic heterocycles. The Balaban J connectivity index is 1.29. The van der Waals surface area contributed by atoms with Crippen molar-refractivity contribution in [3.8, 4) is 0 Å². The molecule has 0 bridgehead atoms. The number of halogens is 1. The summed E-state index contributed by atoms with van der Waals surface area (Å²) in [6.07, 6.45) is 2.55. The number of Topliss-reactive ketones (excluding diaryl/α,β-unsaturated/α-hetero) is 1. The number of piperazine rings is 1. The van der Waals surface area contributed by atoms with Gasteiger partial charge in [-0.25, -0.2) is 9.18 Å². The Bertz CT molecular complexity index is 1020. The van der Waals surface area contributed by atoms with Crippen molar-refractivity contribution in [3.63, 3.8) is 0 Å². The molecular weight excluding hydrogens is 431 g/mol. The van der Waals surface area contributed by atoms with Crippen LogP contribution in [0.2, 0.25) is 0 Å². The number of nitrogens with one attached hydrogen (secondary N) is 1. The van der Waals surface area contributed by atoms with E-state index in [-0.39, 0.29) is 11.8 Å². The van der Waals surface area contributed by atoms with Crippen molar-refractivity contribution in [1.29, 1.82) is 0 Å². The second kappa shape index (κ2) is 11.0. The van der Waals surface area contributed by atoms with Crippen LogP contribution in [0.5, 0.6) is 0 Å². The third-order valence-electron chi connectivity index (χ3n) is 6.95. The van der Waals surface area contributed by atoms with Gasteiger partial charge in [-0.2, -0.15) is 0 Å². The summed E-state index contributed by atoms with van der Waals surface area (Å²) in [6, 6.07) is 12.8. The zero-order valence-corrected chi connectivity index (χ0v) is 20.2. The summed E-state index contributed by atoms with van der Waals surface area (Å²) < 4.78 is 14.5. The Morgan fingerprint density at radius 1 is 1.03 bits per heavy atom. The fourth-order valence-corrected chi connectivity index (χ4v) is 4.97. The van der Waals surface area contributed by atoms with Crippen molar-refractivity contribution in [3.05, 3.63) is 65.0 Å². The summed E-state index contributed by atoms with van der Waals surface area (Å²) in [5, 5.41) is 3.08. The highest BCUT2D eigenvalue weighted by atomic mass is 19.1. The Hall–Kier alpha value is -2.93. The Morgan fingerprint density at radius 3 is 2.44 bits per heavy atom. The van der Waals surface area contributed by atoms with Crippen LogP contribution in [0, 0.1) is 11.7 Å². The molecule has 2 amide bonds. The van der Waals surface area contributed by atoms with Crippen LogP contribution in [0.15, 0.2) is 42.5 Å². The fourth-order valence-electron chi connectivity index (χ4n) is 4.97. The molecule has 0 aliphatic carbocycles. The maximum Gasteiger partial charge on any atom is 0.317 e. The average Bonchev–Trinajstić information content (AvgIpc) is 2.83. The molecule has 0 saturated carbocycles. The zero-order chi connectivity index (χ0) is 24.1. The normalized spacial score (nSPS) is 19.2. The molecule has 182 valence electrons. The van der Waals surface area contributed by atoms with Gasteiger partial charge in [0.2, 0.25) is 0 Å². The van der Waals surface area contributed by atoms with E-state index in [0.717, 1.165) is 31.1 Å². The highest BCUT2D eigenvalue weighted by Crippen LogP contribution is 2.23. The molecule has 4 rings (SSSR count). The standard InChI is InChI=1S/C27H35FN4O2/c1-20-6-5-11-30(18-20)19-24-8-4-3-7-23(24)17-29-27(34)32-14-12-31(13-15-32)26-10-9-22(21(2)33)16-25(26)28/h3-4,7-10,16,20H,5-6,11-15,17-19H2,1-2H3,(H,29,34). The highest BCUT2D eigenvalue weighted by molar-refractivity contribution is 5.94. The van der Waals surface area contributed by atoms with Crippen molar-refractivity contribution in [2.45, 2.75) is 39.8 Å². The van der Waals surface area contributed by atoms with Gasteiger partial charge >= 0.3 is 6.03 Å². The molecule has 2 saturated heterocycles. The number of urea groups is 1. The molecule has 2 aromatic rings. The molecule has 7 heteroatoms. The second-order valence-electron chi connectivity index (χ2n) is 9.61. The van der Waals surface area contributed by atoms with Gasteiger partial charge < -0.3 is 15.1 Å². The lowest BCUT2D eigenvalue weighted by molar-refractivity contribution is 0.101. The van der Waals surface area contributed by atoms with Crippen molar-refractivity contribution in [2.24, 2.45) is 5.92 Å². The van der Waals surface area contributed by atoms with E-state index in [4.69, 9.17) is 0 Å². The molecule has 6 nitrogen and oxygen atoms in total. The number of piperidine rings is 1. The number of hydrogen-bond donors (Lipinski definition) is 1. The average molecular weight is 467 g/mol. The number of nitrogens with zero attached hydrogens (tertiary/aromatic N) is 3. The van der Waals surface area contributed by atoms with Crippen molar-refractivity contribution in [2.75, 3.05) is 44.2 Å². The SMILES string of the molecule is CC(=O)c1ccc(N2CCN(C(=O)NCc3ccccc3CN3CCCC(C)C3)CC2)c(F)c1. The molecule has 2 aliphatic rings. The molecule has 2 heterocycles. The molecule has 0 aromatic heterocycles. The summed E-state index contributed by atoms with van der Waals surface area (Å²) in [5.74, 6) is 0.184. The minimum Gasteiger partial charge on any atom is -0.366 e. The van der Waals surface area contributed by atoms with Crippen LogP contribution in [-0.2, 0) is 13.1 Å². The predicted molar refractivity (Wildman–Crippen MR) is 133 cm³/mol. The van der Waals surface area contributed by atoms with Crippen molar-refractivity contribution < 1.29 is 14.0 Å². The van der Waals surface area contributed by atoms with Gasteiger partial charge in [0.25, 0.3) is 0 Å². The van der Waals surface area contributed by atoms with Gasteiger partial charge in [-0.3, -0.25) is 9.69 Å². The Kier molecular flexibility index (Phi) is 7.83. The first kappa shape index (κ1) is 24.2. The van der Waals surface area contributed by atoms with Gasteiger partial charge in [0.1, 0.15) is 5.82 Å². The van der Waals surface area contributed by atoms with E-state index in [0.29, 0.717) is 44.0 Å². The number of anilines is 1. The topological polar surface area (TPSA) is 55.9 Å². The lowest BCUT2D eigenvalue weighted by Crippen LogP contribution is -2.52. The lowest BCUT2D eigenvalue weighted by atomic mass is 9.99. The molecule has 2 aromatic carbocycles. The minimum atomic E-state index is -0.398. The molecule has 2 fully saturated rings. The van der Waals surface area contributed by atoms with E-state index in [1.54, 1.807) is 17.0 Å². The summed E-state index contributed by atoms with van der Waals surface area (Å²) in [5.41, 5.74) is 3.27.